The van der Waals surface area contributed by atoms with Crippen LogP contribution in [0.2, 0.25) is 0 Å². The molecule has 122 valence electrons. The number of hydrogen-bond donors (Lipinski definition) is 4. The number of ether oxygens (including phenoxy) is 1. The molecule has 2 aliphatic heterocycles. The number of nitrogens with zero attached hydrogens (tertiary/aromatic N) is 1. The van der Waals surface area contributed by atoms with Gasteiger partial charge in [-0.15, -0.1) is 0 Å². The lowest BCUT2D eigenvalue weighted by Gasteiger charge is -2.31. The lowest BCUT2D eigenvalue weighted by atomic mass is 9.96. The van der Waals surface area contributed by atoms with E-state index in [1.54, 1.807) is 0 Å². The maximum absolute atomic E-state index is 12.0. The zero-order chi connectivity index (χ0) is 15.8. The van der Waals surface area contributed by atoms with Crippen LogP contribution in [-0.4, -0.2) is 75.0 Å². The maximum atomic E-state index is 12.0. The summed E-state index contributed by atoms with van der Waals surface area (Å²) in [6, 6.07) is 0. The molecule has 7 nitrogen and oxygen atoms in total. The van der Waals surface area contributed by atoms with Gasteiger partial charge in [-0.05, 0) is 18.3 Å². The Bertz CT molecular complexity index is 390. The van der Waals surface area contributed by atoms with Crippen molar-refractivity contribution in [2.24, 2.45) is 11.8 Å². The first-order chi connectivity index (χ1) is 9.76. The summed E-state index contributed by atoms with van der Waals surface area (Å²) in [6.45, 7) is 3.98. The number of carbonyl (C=O) groups excluding carboxylic acids is 1. The van der Waals surface area contributed by atoms with Crippen LogP contribution in [0.4, 0.5) is 0 Å². The van der Waals surface area contributed by atoms with E-state index < -0.39 is 30.7 Å². The molecular weight excluding hydrogens is 278 g/mol. The molecule has 0 bridgehead atoms. The summed E-state index contributed by atoms with van der Waals surface area (Å²) < 4.78 is 5.16. The fourth-order valence-electron chi connectivity index (χ4n) is 3.25. The van der Waals surface area contributed by atoms with Crippen molar-refractivity contribution in [1.82, 2.24) is 4.90 Å². The molecule has 3 unspecified atom stereocenters. The molecule has 0 aliphatic carbocycles. The van der Waals surface area contributed by atoms with Crippen molar-refractivity contribution in [2.45, 2.75) is 50.8 Å². The molecule has 0 saturated carbocycles. The van der Waals surface area contributed by atoms with Crippen molar-refractivity contribution in [3.05, 3.63) is 0 Å². The first-order valence-electron chi connectivity index (χ1n) is 7.41. The minimum absolute atomic E-state index is 0.0909. The molecule has 4 N–H and O–H groups in total. The van der Waals surface area contributed by atoms with Crippen molar-refractivity contribution >= 4 is 5.91 Å². The third-order valence-electron chi connectivity index (χ3n) is 4.22. The number of carbonyl (C=O) groups is 1. The molecule has 2 saturated heterocycles. The minimum atomic E-state index is -2.03. The van der Waals surface area contributed by atoms with Crippen LogP contribution in [0.25, 0.3) is 0 Å². The SMILES string of the molecule is CC(C)C[C@@H]1CC(=O)N(C[C@@]2(O)OC(CO)C(O)C2O)C1. The van der Waals surface area contributed by atoms with Crippen LogP contribution in [0.5, 0.6) is 0 Å². The highest BCUT2D eigenvalue weighted by Gasteiger charge is 2.54. The standard InChI is InChI=1S/C14H25NO6/c1-8(2)3-9-4-11(17)15(5-9)7-14(20)13(19)12(18)10(6-16)21-14/h8-10,12-13,16,18-20H,3-7H2,1-2H3/t9-,10?,12?,13?,14-/m1/s1. The monoisotopic (exact) mass is 303 g/mol. The summed E-state index contributed by atoms with van der Waals surface area (Å²) in [4.78, 5) is 13.5. The number of likely N-dealkylation sites (tertiary alicyclic amines) is 1. The molecule has 0 radical (unpaired) electrons. The molecule has 21 heavy (non-hydrogen) atoms. The summed E-state index contributed by atoms with van der Waals surface area (Å²) in [5.74, 6) is -1.40. The van der Waals surface area contributed by atoms with Gasteiger partial charge in [0, 0.05) is 13.0 Å². The van der Waals surface area contributed by atoms with Crippen LogP contribution in [0.1, 0.15) is 26.7 Å². The van der Waals surface area contributed by atoms with Crippen molar-refractivity contribution in [1.29, 1.82) is 0 Å². The number of aliphatic hydroxyl groups is 4. The van der Waals surface area contributed by atoms with E-state index >= 15 is 0 Å². The van der Waals surface area contributed by atoms with Crippen molar-refractivity contribution in [3.63, 3.8) is 0 Å². The number of amides is 1. The van der Waals surface area contributed by atoms with E-state index in [1.165, 1.54) is 4.90 Å². The highest BCUT2D eigenvalue weighted by Crippen LogP contribution is 2.32. The first-order valence-corrected chi connectivity index (χ1v) is 7.41. The second-order valence-electron chi connectivity index (χ2n) is 6.59. The lowest BCUT2D eigenvalue weighted by molar-refractivity contribution is -0.237. The molecule has 0 spiro atoms. The molecular formula is C14H25NO6. The van der Waals surface area contributed by atoms with E-state index in [0.717, 1.165) is 6.42 Å². The van der Waals surface area contributed by atoms with Crippen molar-refractivity contribution < 1.29 is 30.0 Å². The van der Waals surface area contributed by atoms with Crippen LogP contribution < -0.4 is 0 Å². The van der Waals surface area contributed by atoms with Gasteiger partial charge in [0.25, 0.3) is 0 Å². The summed E-state index contributed by atoms with van der Waals surface area (Å²) >= 11 is 0. The van der Waals surface area contributed by atoms with Gasteiger partial charge in [-0.1, -0.05) is 13.8 Å². The Kier molecular flexibility index (Phi) is 4.89. The molecule has 0 aromatic heterocycles. The van der Waals surface area contributed by atoms with Crippen LogP contribution >= 0.6 is 0 Å². The quantitative estimate of drug-likeness (QED) is 0.501. The van der Waals surface area contributed by atoms with Gasteiger partial charge in [-0.2, -0.15) is 0 Å². The molecule has 2 heterocycles. The highest BCUT2D eigenvalue weighted by atomic mass is 16.7. The average molecular weight is 303 g/mol. The van der Waals surface area contributed by atoms with Gasteiger partial charge in [-0.25, -0.2) is 0 Å². The van der Waals surface area contributed by atoms with E-state index in [-0.39, 0.29) is 18.4 Å². The van der Waals surface area contributed by atoms with E-state index in [4.69, 9.17) is 9.84 Å². The van der Waals surface area contributed by atoms with Gasteiger partial charge in [0.1, 0.15) is 18.3 Å². The van der Waals surface area contributed by atoms with E-state index in [1.807, 2.05) is 0 Å². The fraction of sp³-hybridized carbons (Fsp3) is 0.929. The molecule has 0 aromatic rings. The van der Waals surface area contributed by atoms with Crippen LogP contribution in [-0.2, 0) is 9.53 Å². The summed E-state index contributed by atoms with van der Waals surface area (Å²) in [7, 11) is 0. The Morgan fingerprint density at radius 3 is 2.62 bits per heavy atom. The Balaban J connectivity index is 1.99. The topological polar surface area (TPSA) is 110 Å². The van der Waals surface area contributed by atoms with E-state index in [2.05, 4.69) is 13.8 Å². The third-order valence-corrected chi connectivity index (χ3v) is 4.22. The van der Waals surface area contributed by atoms with Crippen molar-refractivity contribution in [2.75, 3.05) is 19.7 Å². The molecule has 5 atom stereocenters. The molecule has 2 rings (SSSR count). The van der Waals surface area contributed by atoms with Gasteiger partial charge >= 0.3 is 0 Å². The Morgan fingerprint density at radius 1 is 1.43 bits per heavy atom. The van der Waals surface area contributed by atoms with Crippen molar-refractivity contribution in [3.8, 4) is 0 Å². The number of β-amino-alcohol motifs (C(OH)–C–C–N with tert-alkyl or cyclic N) is 1. The van der Waals surface area contributed by atoms with Crippen LogP contribution in [0, 0.1) is 11.8 Å². The second kappa shape index (κ2) is 6.18. The maximum Gasteiger partial charge on any atom is 0.223 e. The zero-order valence-electron chi connectivity index (χ0n) is 12.5. The molecule has 0 aromatic carbocycles. The van der Waals surface area contributed by atoms with Gasteiger partial charge in [0.15, 0.2) is 0 Å². The number of aliphatic hydroxyl groups excluding tert-OH is 3. The van der Waals surface area contributed by atoms with Gasteiger partial charge < -0.3 is 30.1 Å². The second-order valence-corrected chi connectivity index (χ2v) is 6.59. The number of rotatable bonds is 5. The highest BCUT2D eigenvalue weighted by molar-refractivity contribution is 5.78. The predicted octanol–water partition coefficient (Wildman–Crippen LogP) is -1.32. The molecule has 7 heteroatoms. The smallest absolute Gasteiger partial charge is 0.223 e. The predicted molar refractivity (Wildman–Crippen MR) is 73.1 cm³/mol. The van der Waals surface area contributed by atoms with Gasteiger partial charge in [0.05, 0.1) is 13.2 Å². The molecule has 2 fully saturated rings. The lowest BCUT2D eigenvalue weighted by Crippen LogP contribution is -2.52. The summed E-state index contributed by atoms with van der Waals surface area (Å²) in [5.41, 5.74) is 0. The molecule has 1 amide bonds. The van der Waals surface area contributed by atoms with Crippen LogP contribution in [0.3, 0.4) is 0 Å². The first kappa shape index (κ1) is 16.6. The van der Waals surface area contributed by atoms with E-state index in [0.29, 0.717) is 18.9 Å². The van der Waals surface area contributed by atoms with Crippen LogP contribution in [0.15, 0.2) is 0 Å². The normalized spacial score (nSPS) is 40.5. The third kappa shape index (κ3) is 3.37. The average Bonchev–Trinajstić information content (AvgIpc) is 2.82. The molecule has 2 aliphatic rings. The minimum Gasteiger partial charge on any atom is -0.394 e. The largest absolute Gasteiger partial charge is 0.394 e. The number of hydrogen-bond acceptors (Lipinski definition) is 6. The zero-order valence-corrected chi connectivity index (χ0v) is 12.5. The Hall–Kier alpha value is -0.730. The Morgan fingerprint density at radius 2 is 2.10 bits per heavy atom. The Labute approximate surface area is 124 Å². The van der Waals surface area contributed by atoms with Gasteiger partial charge in [-0.3, -0.25) is 4.79 Å². The van der Waals surface area contributed by atoms with Gasteiger partial charge in [0.2, 0.25) is 11.7 Å². The fourth-order valence-corrected chi connectivity index (χ4v) is 3.25. The summed E-state index contributed by atoms with van der Waals surface area (Å²) in [6.07, 6.45) is -2.62. The van der Waals surface area contributed by atoms with E-state index in [9.17, 15) is 20.1 Å². The summed E-state index contributed by atoms with van der Waals surface area (Å²) in [5, 5.41) is 39.0.